The largest absolute Gasteiger partial charge is 0.417 e. The number of hydrogen-bond acceptors (Lipinski definition) is 2. The van der Waals surface area contributed by atoms with Crippen LogP contribution >= 0.6 is 11.6 Å². The fourth-order valence-electron chi connectivity index (χ4n) is 2.71. The van der Waals surface area contributed by atoms with Crippen LogP contribution in [0.25, 0.3) is 0 Å². The number of alkyl halides is 3. The van der Waals surface area contributed by atoms with Crippen LogP contribution in [0.2, 0.25) is 0 Å². The van der Waals surface area contributed by atoms with Crippen LogP contribution in [0.1, 0.15) is 12.8 Å². The van der Waals surface area contributed by atoms with Crippen molar-refractivity contribution in [1.82, 2.24) is 4.90 Å². The first kappa shape index (κ1) is 12.8. The van der Waals surface area contributed by atoms with Crippen LogP contribution < -0.4 is 0 Å². The van der Waals surface area contributed by atoms with E-state index in [0.29, 0.717) is 12.4 Å². The number of allylic oxidation sites excluding steroid dienone is 3. The fraction of sp³-hybridized carbons (Fsp3) is 0.462. The summed E-state index contributed by atoms with van der Waals surface area (Å²) in [6.45, 7) is 0.625. The Labute approximate surface area is 113 Å². The first-order valence-corrected chi connectivity index (χ1v) is 6.50. The van der Waals surface area contributed by atoms with Gasteiger partial charge in [-0.05, 0) is 18.9 Å². The Morgan fingerprint density at radius 3 is 2.89 bits per heavy atom. The Morgan fingerprint density at radius 1 is 1.37 bits per heavy atom. The van der Waals surface area contributed by atoms with Crippen LogP contribution in [-0.4, -0.2) is 29.5 Å². The van der Waals surface area contributed by atoms with Gasteiger partial charge in [-0.3, -0.25) is 4.99 Å². The van der Waals surface area contributed by atoms with E-state index >= 15 is 0 Å². The van der Waals surface area contributed by atoms with E-state index in [0.717, 1.165) is 25.1 Å². The van der Waals surface area contributed by atoms with Gasteiger partial charge in [0.1, 0.15) is 5.84 Å². The van der Waals surface area contributed by atoms with Crippen LogP contribution in [0.5, 0.6) is 0 Å². The molecule has 2 nitrogen and oxygen atoms in total. The lowest BCUT2D eigenvalue weighted by atomic mass is 9.86. The number of rotatable bonds is 0. The minimum absolute atomic E-state index is 0.0623. The number of fused-ring (bicyclic) bond motifs is 3. The number of aliphatic imine (C=N–C) groups is 1. The molecular weight excluding hydrogens is 277 g/mol. The summed E-state index contributed by atoms with van der Waals surface area (Å²) < 4.78 is 38.5. The molecule has 102 valence electrons. The van der Waals surface area contributed by atoms with Gasteiger partial charge in [-0.2, -0.15) is 13.2 Å². The van der Waals surface area contributed by atoms with Crippen molar-refractivity contribution in [3.63, 3.8) is 0 Å². The molecule has 6 heteroatoms. The molecule has 2 aliphatic heterocycles. The van der Waals surface area contributed by atoms with Crippen LogP contribution in [0, 0.1) is 5.92 Å². The zero-order valence-electron chi connectivity index (χ0n) is 9.99. The second-order valence-electron chi connectivity index (χ2n) is 4.90. The lowest BCUT2D eigenvalue weighted by Crippen LogP contribution is -2.47. The van der Waals surface area contributed by atoms with E-state index in [9.17, 15) is 13.2 Å². The van der Waals surface area contributed by atoms with Crippen molar-refractivity contribution in [3.8, 4) is 0 Å². The van der Waals surface area contributed by atoms with E-state index in [2.05, 4.69) is 4.99 Å². The summed E-state index contributed by atoms with van der Waals surface area (Å²) in [5.74, 6) is 0.713. The highest BCUT2D eigenvalue weighted by atomic mass is 35.5. The van der Waals surface area contributed by atoms with Gasteiger partial charge in [0, 0.05) is 18.7 Å². The quantitative estimate of drug-likeness (QED) is 0.622. The molecule has 2 heterocycles. The summed E-state index contributed by atoms with van der Waals surface area (Å²) in [4.78, 5) is 5.89. The molecule has 0 bridgehead atoms. The minimum atomic E-state index is -4.39. The smallest absolute Gasteiger partial charge is 0.324 e. The molecule has 0 fully saturated rings. The Bertz CT molecular complexity index is 516. The maximum absolute atomic E-state index is 12.8. The lowest BCUT2D eigenvalue weighted by molar-refractivity contribution is -0.0893. The van der Waals surface area contributed by atoms with Crippen molar-refractivity contribution in [2.24, 2.45) is 10.9 Å². The molecule has 3 aliphatic rings. The highest BCUT2D eigenvalue weighted by molar-refractivity contribution is 6.43. The number of amidine groups is 1. The van der Waals surface area contributed by atoms with E-state index in [1.807, 2.05) is 12.2 Å². The van der Waals surface area contributed by atoms with Crippen LogP contribution in [-0.2, 0) is 0 Å². The Morgan fingerprint density at radius 2 is 2.16 bits per heavy atom. The maximum Gasteiger partial charge on any atom is 0.417 e. The first-order chi connectivity index (χ1) is 8.97. The van der Waals surface area contributed by atoms with E-state index in [-0.39, 0.29) is 17.0 Å². The van der Waals surface area contributed by atoms with Gasteiger partial charge in [0.15, 0.2) is 0 Å². The van der Waals surface area contributed by atoms with Gasteiger partial charge in [-0.1, -0.05) is 23.8 Å². The molecule has 3 rings (SSSR count). The standard InChI is InChI=1S/C13H12ClF3N2/c14-10-5-9(13(15,16)17)7-19-11-4-2-1-3-8(11)6-18-12(10)19/h2,4-5,7-8,11H,1,3,6H2/t8-,11-/m0/s1. The molecule has 2 atom stereocenters. The SMILES string of the molecule is FC(F)(F)C1=CN2C(=NC[C@@H]3CCC=C[C@@H]32)C(Cl)=C1. The van der Waals surface area contributed by atoms with Crippen LogP contribution in [0.15, 0.2) is 40.0 Å². The minimum Gasteiger partial charge on any atom is -0.324 e. The molecule has 0 radical (unpaired) electrons. The zero-order chi connectivity index (χ0) is 13.6. The molecule has 0 aromatic heterocycles. The van der Waals surface area contributed by atoms with Crippen molar-refractivity contribution in [2.75, 3.05) is 6.54 Å². The average molecular weight is 289 g/mol. The van der Waals surface area contributed by atoms with Gasteiger partial charge in [-0.15, -0.1) is 0 Å². The Kier molecular flexibility index (Phi) is 2.96. The normalized spacial score (nSPS) is 30.1. The molecule has 0 N–H and O–H groups in total. The monoisotopic (exact) mass is 288 g/mol. The van der Waals surface area contributed by atoms with Gasteiger partial charge in [0.25, 0.3) is 0 Å². The molecule has 0 unspecified atom stereocenters. The van der Waals surface area contributed by atoms with Gasteiger partial charge < -0.3 is 4.90 Å². The highest BCUT2D eigenvalue weighted by Crippen LogP contribution is 2.37. The molecule has 0 saturated carbocycles. The van der Waals surface area contributed by atoms with Gasteiger partial charge >= 0.3 is 6.18 Å². The summed E-state index contributed by atoms with van der Waals surface area (Å²) in [7, 11) is 0. The van der Waals surface area contributed by atoms with E-state index < -0.39 is 11.7 Å². The Balaban J connectivity index is 2.02. The summed E-state index contributed by atoms with van der Waals surface area (Å²) in [6, 6.07) is -0.0685. The van der Waals surface area contributed by atoms with Crippen molar-refractivity contribution in [2.45, 2.75) is 25.1 Å². The van der Waals surface area contributed by atoms with Crippen molar-refractivity contribution >= 4 is 17.4 Å². The molecule has 19 heavy (non-hydrogen) atoms. The molecule has 0 aromatic rings. The third kappa shape index (κ3) is 2.20. The number of hydrogen-bond donors (Lipinski definition) is 0. The second-order valence-corrected chi connectivity index (χ2v) is 5.31. The first-order valence-electron chi connectivity index (χ1n) is 6.13. The highest BCUT2D eigenvalue weighted by Gasteiger charge is 2.40. The third-order valence-corrected chi connectivity index (χ3v) is 3.94. The predicted octanol–water partition coefficient (Wildman–Crippen LogP) is 3.62. The summed E-state index contributed by atoms with van der Waals surface area (Å²) in [6.07, 6.45) is 3.56. The average Bonchev–Trinajstić information content (AvgIpc) is 2.37. The number of halogens is 4. The van der Waals surface area contributed by atoms with Crippen LogP contribution in [0.3, 0.4) is 0 Å². The summed E-state index contributed by atoms with van der Waals surface area (Å²) >= 11 is 5.95. The topological polar surface area (TPSA) is 15.6 Å². The fourth-order valence-corrected chi connectivity index (χ4v) is 2.98. The van der Waals surface area contributed by atoms with Gasteiger partial charge in [-0.25, -0.2) is 0 Å². The third-order valence-electron chi connectivity index (χ3n) is 3.66. The second kappa shape index (κ2) is 4.40. The molecule has 0 amide bonds. The van der Waals surface area contributed by atoms with Crippen molar-refractivity contribution < 1.29 is 13.2 Å². The van der Waals surface area contributed by atoms with Gasteiger partial charge in [0.2, 0.25) is 0 Å². The van der Waals surface area contributed by atoms with E-state index in [4.69, 9.17) is 11.6 Å². The van der Waals surface area contributed by atoms with Crippen LogP contribution in [0.4, 0.5) is 13.2 Å². The lowest BCUT2D eigenvalue weighted by Gasteiger charge is -2.41. The summed E-state index contributed by atoms with van der Waals surface area (Å²) in [5, 5.41) is 0.0623. The van der Waals surface area contributed by atoms with Gasteiger partial charge in [0.05, 0.1) is 16.6 Å². The zero-order valence-corrected chi connectivity index (χ0v) is 10.7. The van der Waals surface area contributed by atoms with Crippen molar-refractivity contribution in [3.05, 3.63) is 35.0 Å². The molecule has 0 aromatic carbocycles. The molecular formula is C13H12ClF3N2. The van der Waals surface area contributed by atoms with E-state index in [1.54, 1.807) is 4.90 Å². The molecule has 0 spiro atoms. The maximum atomic E-state index is 12.8. The van der Waals surface area contributed by atoms with Crippen molar-refractivity contribution in [1.29, 1.82) is 0 Å². The predicted molar refractivity (Wildman–Crippen MR) is 67.9 cm³/mol. The Hall–Kier alpha value is -1.23. The van der Waals surface area contributed by atoms with E-state index in [1.165, 1.54) is 0 Å². The number of nitrogens with zero attached hydrogens (tertiary/aromatic N) is 2. The molecule has 1 aliphatic carbocycles. The molecule has 0 saturated heterocycles. The summed E-state index contributed by atoms with van der Waals surface area (Å²) in [5.41, 5.74) is -0.726.